The van der Waals surface area contributed by atoms with Crippen LogP contribution >= 0.6 is 35.3 Å². The monoisotopic (exact) mass is 434 g/mol. The van der Waals surface area contributed by atoms with Gasteiger partial charge in [0.25, 0.3) is 0 Å². The summed E-state index contributed by atoms with van der Waals surface area (Å²) in [4.78, 5) is 11.4. The molecule has 4 heterocycles. The summed E-state index contributed by atoms with van der Waals surface area (Å²) in [5.74, 6) is 2.44. The van der Waals surface area contributed by atoms with Gasteiger partial charge in [0.1, 0.15) is 5.01 Å². The molecule has 0 aliphatic carbocycles. The number of rotatable bonds is 2. The Morgan fingerprint density at radius 3 is 2.64 bits per heavy atom. The fourth-order valence-corrected chi connectivity index (χ4v) is 4.82. The summed E-state index contributed by atoms with van der Waals surface area (Å²) in [7, 11) is 1.87. The van der Waals surface area contributed by atoms with Crippen LogP contribution in [0.15, 0.2) is 10.4 Å². The van der Waals surface area contributed by atoms with Crippen molar-refractivity contribution in [2.45, 2.75) is 38.5 Å². The summed E-state index contributed by atoms with van der Waals surface area (Å²) in [6.45, 7) is 4.97. The van der Waals surface area contributed by atoms with E-state index in [0.29, 0.717) is 24.0 Å². The molecule has 3 fully saturated rings. The zero-order chi connectivity index (χ0) is 14.4. The molecule has 122 valence electrons. The van der Waals surface area contributed by atoms with Crippen molar-refractivity contribution in [2.24, 2.45) is 16.8 Å². The number of nitrogens with zero attached hydrogens (tertiary/aromatic N) is 3. The molecular formula is C15H23IN4OS. The lowest BCUT2D eigenvalue weighted by Crippen LogP contribution is -2.40. The van der Waals surface area contributed by atoms with E-state index in [9.17, 15) is 0 Å². The summed E-state index contributed by atoms with van der Waals surface area (Å²) in [5, 5.41) is 6.68. The Labute approximate surface area is 152 Å². The van der Waals surface area contributed by atoms with Crippen molar-refractivity contribution in [2.75, 3.05) is 20.1 Å². The predicted molar refractivity (Wildman–Crippen MR) is 98.9 cm³/mol. The van der Waals surface area contributed by atoms with E-state index >= 15 is 0 Å². The zero-order valence-corrected chi connectivity index (χ0v) is 16.1. The number of ether oxygens (including phenoxy) is 1. The van der Waals surface area contributed by atoms with Gasteiger partial charge in [0.05, 0.1) is 18.8 Å². The summed E-state index contributed by atoms with van der Waals surface area (Å²) in [6.07, 6.45) is 3.52. The lowest BCUT2D eigenvalue weighted by Gasteiger charge is -2.23. The Morgan fingerprint density at radius 1 is 1.41 bits per heavy atom. The van der Waals surface area contributed by atoms with E-state index < -0.39 is 0 Å². The van der Waals surface area contributed by atoms with Crippen molar-refractivity contribution in [1.82, 2.24) is 15.2 Å². The number of likely N-dealkylation sites (tertiary alicyclic amines) is 1. The second-order valence-corrected chi connectivity index (χ2v) is 7.25. The normalized spacial score (nSPS) is 33.0. The highest BCUT2D eigenvalue weighted by Crippen LogP contribution is 2.47. The number of thiazole rings is 1. The van der Waals surface area contributed by atoms with Crippen LogP contribution in [0, 0.1) is 18.8 Å². The molecule has 0 radical (unpaired) electrons. The number of hydrogen-bond donors (Lipinski definition) is 1. The zero-order valence-electron chi connectivity index (χ0n) is 13.0. The molecule has 4 unspecified atom stereocenters. The average Bonchev–Trinajstić information content (AvgIpc) is 3.20. The van der Waals surface area contributed by atoms with Crippen molar-refractivity contribution in [3.63, 3.8) is 0 Å². The Bertz CT molecular complexity index is 545. The van der Waals surface area contributed by atoms with E-state index in [1.807, 2.05) is 14.0 Å². The van der Waals surface area contributed by atoms with E-state index in [0.717, 1.165) is 36.3 Å². The fraction of sp³-hybridized carbons (Fsp3) is 0.733. The Kier molecular flexibility index (Phi) is 4.94. The minimum atomic E-state index is 0. The Hall–Kier alpha value is -0.410. The van der Waals surface area contributed by atoms with Crippen LogP contribution in [0.3, 0.4) is 0 Å². The molecule has 2 bridgehead atoms. The maximum absolute atomic E-state index is 6.04. The topological polar surface area (TPSA) is 49.8 Å². The third kappa shape index (κ3) is 2.87. The second-order valence-electron chi connectivity index (χ2n) is 6.31. The van der Waals surface area contributed by atoms with Gasteiger partial charge in [0, 0.05) is 43.0 Å². The van der Waals surface area contributed by atoms with Crippen molar-refractivity contribution in [3.8, 4) is 0 Å². The second kappa shape index (κ2) is 6.60. The molecule has 7 heteroatoms. The molecule has 4 atom stereocenters. The first-order valence-corrected chi connectivity index (χ1v) is 8.64. The van der Waals surface area contributed by atoms with E-state index in [2.05, 4.69) is 25.6 Å². The molecule has 0 saturated carbocycles. The molecule has 3 aliphatic rings. The van der Waals surface area contributed by atoms with Gasteiger partial charge in [-0.15, -0.1) is 35.3 Å². The molecule has 0 amide bonds. The van der Waals surface area contributed by atoms with E-state index in [-0.39, 0.29) is 24.0 Å². The van der Waals surface area contributed by atoms with Crippen molar-refractivity contribution in [3.05, 3.63) is 16.1 Å². The first kappa shape index (κ1) is 16.4. The van der Waals surface area contributed by atoms with Crippen molar-refractivity contribution < 1.29 is 4.74 Å². The standard InChI is InChI=1S/C15H22N4OS.HI/c1-9-8-21-14(18-9)5-17-15(16-2)19-6-10-11(7-19)13-4-3-12(10)20-13;/h8,10-13H,3-7H2,1-2H3,(H,16,17);1H. The number of fused-ring (bicyclic) bond motifs is 5. The van der Waals surface area contributed by atoms with Gasteiger partial charge in [-0.1, -0.05) is 0 Å². The quantitative estimate of drug-likeness (QED) is 0.441. The molecule has 0 aromatic carbocycles. The molecule has 3 aliphatic heterocycles. The highest BCUT2D eigenvalue weighted by molar-refractivity contribution is 14.0. The number of aromatic nitrogens is 1. The molecule has 0 spiro atoms. The lowest BCUT2D eigenvalue weighted by atomic mass is 9.82. The fourth-order valence-electron chi connectivity index (χ4n) is 4.10. The third-order valence-electron chi connectivity index (χ3n) is 5.03. The largest absolute Gasteiger partial charge is 0.374 e. The van der Waals surface area contributed by atoms with E-state index in [4.69, 9.17) is 4.74 Å². The number of nitrogens with one attached hydrogen (secondary N) is 1. The maximum Gasteiger partial charge on any atom is 0.194 e. The van der Waals surface area contributed by atoms with E-state index in [1.165, 1.54) is 12.8 Å². The number of hydrogen-bond acceptors (Lipinski definition) is 4. The van der Waals surface area contributed by atoms with Crippen LogP contribution in [-0.2, 0) is 11.3 Å². The van der Waals surface area contributed by atoms with Gasteiger partial charge in [0.2, 0.25) is 0 Å². The van der Waals surface area contributed by atoms with Gasteiger partial charge >= 0.3 is 0 Å². The van der Waals surface area contributed by atoms with Crippen LogP contribution in [0.5, 0.6) is 0 Å². The van der Waals surface area contributed by atoms with Crippen molar-refractivity contribution >= 4 is 41.3 Å². The summed E-state index contributed by atoms with van der Waals surface area (Å²) < 4.78 is 6.04. The predicted octanol–water partition coefficient (Wildman–Crippen LogP) is 2.25. The molecular weight excluding hydrogens is 411 g/mol. The molecule has 22 heavy (non-hydrogen) atoms. The van der Waals surface area contributed by atoms with Crippen molar-refractivity contribution in [1.29, 1.82) is 0 Å². The highest BCUT2D eigenvalue weighted by Gasteiger charge is 2.53. The number of guanidine groups is 1. The van der Waals surface area contributed by atoms with Gasteiger partial charge < -0.3 is 15.0 Å². The average molecular weight is 434 g/mol. The van der Waals surface area contributed by atoms with Gasteiger partial charge in [-0.3, -0.25) is 4.99 Å². The van der Waals surface area contributed by atoms with Crippen LogP contribution in [0.2, 0.25) is 0 Å². The first-order chi connectivity index (χ1) is 10.2. The minimum absolute atomic E-state index is 0. The Morgan fingerprint density at radius 2 is 2.09 bits per heavy atom. The van der Waals surface area contributed by atoms with Crippen LogP contribution in [-0.4, -0.2) is 48.2 Å². The minimum Gasteiger partial charge on any atom is -0.374 e. The van der Waals surface area contributed by atoms with E-state index in [1.54, 1.807) is 11.3 Å². The molecule has 1 N–H and O–H groups in total. The Balaban J connectivity index is 0.00000144. The van der Waals surface area contributed by atoms with Crippen LogP contribution in [0.1, 0.15) is 23.5 Å². The van der Waals surface area contributed by atoms with Gasteiger partial charge in [-0.2, -0.15) is 0 Å². The SMILES string of the molecule is CN=C(NCc1nc(C)cs1)N1CC2C3CCC(O3)C2C1.I. The number of aryl methyl sites for hydroxylation is 1. The number of aliphatic imine (C=N–C) groups is 1. The molecule has 4 rings (SSSR count). The summed E-state index contributed by atoms with van der Waals surface area (Å²) in [5.41, 5.74) is 1.09. The van der Waals surface area contributed by atoms with Gasteiger partial charge in [0.15, 0.2) is 5.96 Å². The smallest absolute Gasteiger partial charge is 0.194 e. The van der Waals surface area contributed by atoms with Crippen LogP contribution in [0.25, 0.3) is 0 Å². The van der Waals surface area contributed by atoms with Crippen LogP contribution in [0.4, 0.5) is 0 Å². The first-order valence-electron chi connectivity index (χ1n) is 7.76. The maximum atomic E-state index is 6.04. The third-order valence-corrected chi connectivity index (χ3v) is 6.00. The van der Waals surface area contributed by atoms with Crippen LogP contribution < -0.4 is 5.32 Å². The van der Waals surface area contributed by atoms with Gasteiger partial charge in [-0.25, -0.2) is 4.98 Å². The molecule has 5 nitrogen and oxygen atoms in total. The highest BCUT2D eigenvalue weighted by atomic mass is 127. The van der Waals surface area contributed by atoms with Gasteiger partial charge in [-0.05, 0) is 19.8 Å². The molecule has 1 aromatic heterocycles. The summed E-state index contributed by atoms with van der Waals surface area (Å²) >= 11 is 1.70. The summed E-state index contributed by atoms with van der Waals surface area (Å²) in [6, 6.07) is 0. The number of halogens is 1. The molecule has 3 saturated heterocycles. The lowest BCUT2D eigenvalue weighted by molar-refractivity contribution is 0.0767. The molecule has 1 aromatic rings.